The highest BCUT2D eigenvalue weighted by atomic mass is 16.6. The summed E-state index contributed by atoms with van der Waals surface area (Å²) in [5.41, 5.74) is 2.30. The monoisotopic (exact) mass is 337 g/mol. The zero-order chi connectivity index (χ0) is 17.8. The molecule has 0 aliphatic rings. The summed E-state index contributed by atoms with van der Waals surface area (Å²) in [6.07, 6.45) is 0. The number of para-hydroxylation sites is 3. The van der Waals surface area contributed by atoms with E-state index in [0.717, 1.165) is 17.4 Å². The van der Waals surface area contributed by atoms with Gasteiger partial charge in [0.05, 0.1) is 17.4 Å². The van der Waals surface area contributed by atoms with Crippen molar-refractivity contribution in [3.63, 3.8) is 0 Å². The zero-order valence-corrected chi connectivity index (χ0v) is 13.4. The number of nitrogens with zero attached hydrogens (tertiary/aromatic N) is 2. The summed E-state index contributed by atoms with van der Waals surface area (Å²) in [5.74, 6) is -1.15. The predicted octanol–water partition coefficient (Wildman–Crippen LogP) is 4.21. The highest BCUT2D eigenvalue weighted by Crippen LogP contribution is 2.31. The molecule has 0 fully saturated rings. The third kappa shape index (κ3) is 3.50. The molecule has 7 nitrogen and oxygen atoms in total. The van der Waals surface area contributed by atoms with Crippen molar-refractivity contribution >= 4 is 28.9 Å². The van der Waals surface area contributed by atoms with Gasteiger partial charge in [-0.1, -0.05) is 30.3 Å². The lowest BCUT2D eigenvalue weighted by molar-refractivity contribution is -0.402. The van der Waals surface area contributed by atoms with Crippen molar-refractivity contribution < 1.29 is 14.1 Å². The van der Waals surface area contributed by atoms with Crippen LogP contribution in [0.2, 0.25) is 0 Å². The second-order valence-electron chi connectivity index (χ2n) is 5.26. The van der Waals surface area contributed by atoms with E-state index in [2.05, 4.69) is 5.32 Å². The molecular weight excluding hydrogens is 322 g/mol. The third-order valence-electron chi connectivity index (χ3n) is 3.65. The first-order valence-electron chi connectivity index (χ1n) is 7.49. The van der Waals surface area contributed by atoms with Gasteiger partial charge in [0, 0.05) is 12.7 Å². The molecule has 3 aromatic rings. The van der Waals surface area contributed by atoms with Crippen LogP contribution in [0.4, 0.5) is 22.9 Å². The Morgan fingerprint density at radius 2 is 1.72 bits per heavy atom. The van der Waals surface area contributed by atoms with E-state index in [1.807, 2.05) is 54.4 Å². The fourth-order valence-corrected chi connectivity index (χ4v) is 2.39. The summed E-state index contributed by atoms with van der Waals surface area (Å²) in [4.78, 5) is 24.2. The predicted molar refractivity (Wildman–Crippen MR) is 94.3 cm³/mol. The van der Waals surface area contributed by atoms with Crippen LogP contribution in [0.25, 0.3) is 0 Å². The fraction of sp³-hybridized carbons (Fsp3) is 0.0556. The van der Waals surface area contributed by atoms with Crippen LogP contribution >= 0.6 is 0 Å². The lowest BCUT2D eigenvalue weighted by Gasteiger charge is -2.22. The molecule has 0 spiro atoms. The number of furan rings is 1. The second-order valence-corrected chi connectivity index (χ2v) is 5.26. The molecule has 0 saturated heterocycles. The Labute approximate surface area is 143 Å². The van der Waals surface area contributed by atoms with Gasteiger partial charge in [0.1, 0.15) is 4.92 Å². The molecule has 2 aromatic carbocycles. The van der Waals surface area contributed by atoms with Crippen molar-refractivity contribution in [2.24, 2.45) is 0 Å². The number of nitro groups is 1. The number of benzene rings is 2. The van der Waals surface area contributed by atoms with Gasteiger partial charge in [0.2, 0.25) is 0 Å². The average molecular weight is 337 g/mol. The first-order valence-corrected chi connectivity index (χ1v) is 7.49. The lowest BCUT2D eigenvalue weighted by Crippen LogP contribution is -2.16. The standard InChI is InChI=1S/C18H15N3O4/c1-20(13-7-3-2-4-8-13)15-10-6-5-9-14(15)19-18(22)16-11-12-17(25-16)21(23)24/h2-12H,1H3,(H,19,22). The number of anilines is 3. The van der Waals surface area contributed by atoms with Crippen molar-refractivity contribution in [1.29, 1.82) is 0 Å². The summed E-state index contributed by atoms with van der Waals surface area (Å²) >= 11 is 0. The van der Waals surface area contributed by atoms with Crippen molar-refractivity contribution in [3.05, 3.63) is 82.6 Å². The van der Waals surface area contributed by atoms with Gasteiger partial charge in [0.15, 0.2) is 5.76 Å². The molecule has 0 atom stereocenters. The minimum Gasteiger partial charge on any atom is -0.395 e. The molecule has 1 heterocycles. The first kappa shape index (κ1) is 16.3. The molecule has 0 bridgehead atoms. The van der Waals surface area contributed by atoms with Crippen LogP contribution < -0.4 is 10.2 Å². The summed E-state index contributed by atoms with van der Waals surface area (Å²) in [6, 6.07) is 19.4. The molecule has 0 unspecified atom stereocenters. The molecule has 1 N–H and O–H groups in total. The van der Waals surface area contributed by atoms with E-state index in [9.17, 15) is 14.9 Å². The summed E-state index contributed by atoms with van der Waals surface area (Å²) in [6.45, 7) is 0. The number of carbonyl (C=O) groups excluding carboxylic acids is 1. The van der Waals surface area contributed by atoms with Gasteiger partial charge < -0.3 is 14.6 Å². The highest BCUT2D eigenvalue weighted by molar-refractivity contribution is 6.04. The number of carbonyl (C=O) groups is 1. The van der Waals surface area contributed by atoms with E-state index in [1.165, 1.54) is 6.07 Å². The van der Waals surface area contributed by atoms with E-state index in [0.29, 0.717) is 5.69 Å². The van der Waals surface area contributed by atoms with Crippen LogP contribution in [-0.4, -0.2) is 17.9 Å². The molecule has 3 rings (SSSR count). The molecule has 0 radical (unpaired) electrons. The summed E-state index contributed by atoms with van der Waals surface area (Å²) in [5, 5.41) is 13.4. The maximum absolute atomic E-state index is 12.3. The SMILES string of the molecule is CN(c1ccccc1)c1ccccc1NC(=O)c1ccc([N+](=O)[O-])o1. The van der Waals surface area contributed by atoms with Crippen LogP contribution in [0.1, 0.15) is 10.6 Å². The summed E-state index contributed by atoms with van der Waals surface area (Å²) in [7, 11) is 1.89. The topological polar surface area (TPSA) is 88.6 Å². The Bertz CT molecular complexity index is 905. The van der Waals surface area contributed by atoms with Crippen molar-refractivity contribution in [2.45, 2.75) is 0 Å². The molecule has 7 heteroatoms. The quantitative estimate of drug-likeness (QED) is 0.556. The average Bonchev–Trinajstić information content (AvgIpc) is 3.13. The van der Waals surface area contributed by atoms with Gasteiger partial charge in [-0.25, -0.2) is 0 Å². The molecule has 1 aromatic heterocycles. The molecule has 25 heavy (non-hydrogen) atoms. The van der Waals surface area contributed by atoms with Crippen molar-refractivity contribution in [1.82, 2.24) is 0 Å². The van der Waals surface area contributed by atoms with Crippen LogP contribution in [0.3, 0.4) is 0 Å². The smallest absolute Gasteiger partial charge is 0.395 e. The van der Waals surface area contributed by atoms with E-state index in [1.54, 1.807) is 12.1 Å². The fourth-order valence-electron chi connectivity index (χ4n) is 2.39. The Kier molecular flexibility index (Phi) is 4.47. The Hall–Kier alpha value is -3.61. The third-order valence-corrected chi connectivity index (χ3v) is 3.65. The Morgan fingerprint density at radius 3 is 2.40 bits per heavy atom. The Balaban J connectivity index is 1.85. The molecule has 1 amide bonds. The molecule has 0 aliphatic carbocycles. The van der Waals surface area contributed by atoms with E-state index in [4.69, 9.17) is 4.42 Å². The lowest BCUT2D eigenvalue weighted by atomic mass is 10.2. The van der Waals surface area contributed by atoms with E-state index < -0.39 is 16.7 Å². The van der Waals surface area contributed by atoms with Crippen LogP contribution in [0.5, 0.6) is 0 Å². The van der Waals surface area contributed by atoms with Crippen LogP contribution in [0.15, 0.2) is 71.1 Å². The normalized spacial score (nSPS) is 10.3. The molecule has 0 saturated carbocycles. The van der Waals surface area contributed by atoms with Crippen LogP contribution in [-0.2, 0) is 0 Å². The van der Waals surface area contributed by atoms with Gasteiger partial charge in [-0.05, 0) is 30.3 Å². The van der Waals surface area contributed by atoms with Gasteiger partial charge in [-0.15, -0.1) is 0 Å². The van der Waals surface area contributed by atoms with Gasteiger partial charge in [-0.2, -0.15) is 0 Å². The number of amides is 1. The second kappa shape index (κ2) is 6.88. The largest absolute Gasteiger partial charge is 0.433 e. The first-order chi connectivity index (χ1) is 12.1. The zero-order valence-electron chi connectivity index (χ0n) is 13.4. The number of rotatable bonds is 5. The maximum Gasteiger partial charge on any atom is 0.433 e. The molecule has 126 valence electrons. The van der Waals surface area contributed by atoms with E-state index in [-0.39, 0.29) is 5.76 Å². The number of nitrogens with one attached hydrogen (secondary N) is 1. The maximum atomic E-state index is 12.3. The van der Waals surface area contributed by atoms with Gasteiger partial charge >= 0.3 is 5.88 Å². The number of hydrogen-bond acceptors (Lipinski definition) is 5. The minimum atomic E-state index is -0.687. The minimum absolute atomic E-state index is 0.121. The number of hydrogen-bond donors (Lipinski definition) is 1. The van der Waals surface area contributed by atoms with Crippen LogP contribution in [0, 0.1) is 10.1 Å². The summed E-state index contributed by atoms with van der Waals surface area (Å²) < 4.78 is 4.94. The van der Waals surface area contributed by atoms with Gasteiger partial charge in [0.25, 0.3) is 5.91 Å². The van der Waals surface area contributed by atoms with E-state index >= 15 is 0 Å². The molecule has 0 aliphatic heterocycles. The molecular formula is C18H15N3O4. The van der Waals surface area contributed by atoms with Crippen molar-refractivity contribution in [3.8, 4) is 0 Å². The highest BCUT2D eigenvalue weighted by Gasteiger charge is 2.19. The van der Waals surface area contributed by atoms with Crippen molar-refractivity contribution in [2.75, 3.05) is 17.3 Å². The Morgan fingerprint density at radius 1 is 1.04 bits per heavy atom. The van der Waals surface area contributed by atoms with Gasteiger partial charge in [-0.3, -0.25) is 14.9 Å².